The van der Waals surface area contributed by atoms with Crippen molar-refractivity contribution in [2.75, 3.05) is 6.61 Å². The van der Waals surface area contributed by atoms with Crippen LogP contribution in [0.25, 0.3) is 0 Å². The fourth-order valence-electron chi connectivity index (χ4n) is 1.66. The Morgan fingerprint density at radius 2 is 1.94 bits per heavy atom. The van der Waals surface area contributed by atoms with Gasteiger partial charge in [-0.15, -0.1) is 0 Å². The summed E-state index contributed by atoms with van der Waals surface area (Å²) < 4.78 is 0. The molecule has 17 heavy (non-hydrogen) atoms. The summed E-state index contributed by atoms with van der Waals surface area (Å²) in [5.74, 6) is -1.45. The van der Waals surface area contributed by atoms with Crippen molar-refractivity contribution in [2.24, 2.45) is 5.41 Å². The molecule has 98 valence electrons. The zero-order valence-electron chi connectivity index (χ0n) is 10.2. The molecule has 5 nitrogen and oxygen atoms in total. The van der Waals surface area contributed by atoms with Crippen LogP contribution in [-0.4, -0.2) is 34.7 Å². The lowest BCUT2D eigenvalue weighted by atomic mass is 9.83. The van der Waals surface area contributed by atoms with E-state index in [0.717, 1.165) is 19.3 Å². The fraction of sp³-hybridized carbons (Fsp3) is 0.833. The number of nitrogens with one attached hydrogen (secondary N) is 1. The zero-order valence-corrected chi connectivity index (χ0v) is 10.2. The molecule has 1 amide bonds. The van der Waals surface area contributed by atoms with Crippen LogP contribution in [0.2, 0.25) is 0 Å². The molecule has 0 saturated heterocycles. The van der Waals surface area contributed by atoms with Crippen LogP contribution < -0.4 is 5.32 Å². The van der Waals surface area contributed by atoms with Gasteiger partial charge >= 0.3 is 5.97 Å². The molecule has 3 N–H and O–H groups in total. The first-order chi connectivity index (χ1) is 8.00. The molecule has 1 fully saturated rings. The summed E-state index contributed by atoms with van der Waals surface area (Å²) in [5.41, 5.74) is -1.34. The summed E-state index contributed by atoms with van der Waals surface area (Å²) in [6.45, 7) is 1.59. The van der Waals surface area contributed by atoms with Crippen LogP contribution in [-0.2, 0) is 9.59 Å². The maximum atomic E-state index is 11.9. The Morgan fingerprint density at radius 1 is 1.29 bits per heavy atom. The molecule has 0 spiro atoms. The first-order valence-electron chi connectivity index (χ1n) is 6.16. The second-order valence-electron chi connectivity index (χ2n) is 4.92. The molecular formula is C12H21NO4. The predicted octanol–water partition coefficient (Wildman–Crippen LogP) is 0.909. The summed E-state index contributed by atoms with van der Waals surface area (Å²) in [5, 5.41) is 20.6. The quantitative estimate of drug-likeness (QED) is 0.437. The number of carbonyl (C=O) groups excluding carboxylic acids is 1. The Hall–Kier alpha value is -1.10. The highest BCUT2D eigenvalue weighted by Gasteiger charge is 2.42. The van der Waals surface area contributed by atoms with Crippen LogP contribution >= 0.6 is 0 Å². The third-order valence-electron chi connectivity index (χ3n) is 3.22. The summed E-state index contributed by atoms with van der Waals surface area (Å²) in [6, 6.07) is 0.179. The van der Waals surface area contributed by atoms with Gasteiger partial charge in [-0.1, -0.05) is 12.8 Å². The van der Waals surface area contributed by atoms with Crippen molar-refractivity contribution in [2.45, 2.75) is 51.5 Å². The molecule has 1 saturated carbocycles. The number of unbranched alkanes of at least 4 members (excludes halogenated alkanes) is 2. The second-order valence-corrected chi connectivity index (χ2v) is 4.92. The molecule has 0 aromatic rings. The summed E-state index contributed by atoms with van der Waals surface area (Å²) >= 11 is 0. The molecule has 0 aromatic carbocycles. The SMILES string of the molecule is CC(CCCCCO)(C(=O)O)C(=O)NC1CC1. The topological polar surface area (TPSA) is 86.6 Å². The van der Waals surface area contributed by atoms with E-state index in [-0.39, 0.29) is 18.6 Å². The second kappa shape index (κ2) is 6.00. The average molecular weight is 243 g/mol. The fourth-order valence-corrected chi connectivity index (χ4v) is 1.66. The summed E-state index contributed by atoms with van der Waals surface area (Å²) in [7, 11) is 0. The molecule has 0 heterocycles. The molecule has 5 heteroatoms. The molecular weight excluding hydrogens is 222 g/mol. The largest absolute Gasteiger partial charge is 0.480 e. The van der Waals surface area contributed by atoms with E-state index in [1.807, 2.05) is 0 Å². The van der Waals surface area contributed by atoms with E-state index in [2.05, 4.69) is 5.32 Å². The van der Waals surface area contributed by atoms with Crippen LogP contribution in [0.1, 0.15) is 45.4 Å². The van der Waals surface area contributed by atoms with Gasteiger partial charge in [-0.05, 0) is 32.6 Å². The first-order valence-corrected chi connectivity index (χ1v) is 6.16. The van der Waals surface area contributed by atoms with Gasteiger partial charge in [0, 0.05) is 12.6 Å². The van der Waals surface area contributed by atoms with Gasteiger partial charge in [0.1, 0.15) is 5.41 Å². The Labute approximate surface area is 101 Å². The molecule has 0 aromatic heterocycles. The Morgan fingerprint density at radius 3 is 2.41 bits per heavy atom. The Bertz CT molecular complexity index is 288. The minimum absolute atomic E-state index is 0.109. The lowest BCUT2D eigenvalue weighted by Crippen LogP contribution is -2.45. The molecule has 1 rings (SSSR count). The van der Waals surface area contributed by atoms with Gasteiger partial charge in [0.25, 0.3) is 0 Å². The van der Waals surface area contributed by atoms with E-state index in [4.69, 9.17) is 5.11 Å². The number of aliphatic hydroxyl groups excluding tert-OH is 1. The highest BCUT2D eigenvalue weighted by atomic mass is 16.4. The maximum absolute atomic E-state index is 11.9. The number of aliphatic carboxylic acids is 1. The van der Waals surface area contributed by atoms with Crippen LogP contribution in [0.15, 0.2) is 0 Å². The maximum Gasteiger partial charge on any atom is 0.318 e. The smallest absolute Gasteiger partial charge is 0.318 e. The number of hydrogen-bond acceptors (Lipinski definition) is 3. The van der Waals surface area contributed by atoms with Crippen molar-refractivity contribution in [3.05, 3.63) is 0 Å². The average Bonchev–Trinajstić information content (AvgIpc) is 3.07. The minimum atomic E-state index is -1.34. The summed E-state index contributed by atoms with van der Waals surface area (Å²) in [4.78, 5) is 23.1. The van der Waals surface area contributed by atoms with Crippen molar-refractivity contribution in [3.63, 3.8) is 0 Å². The molecule has 0 bridgehead atoms. The van der Waals surface area contributed by atoms with Crippen molar-refractivity contribution < 1.29 is 19.8 Å². The number of carboxylic acids is 1. The van der Waals surface area contributed by atoms with Crippen LogP contribution in [0.4, 0.5) is 0 Å². The van der Waals surface area contributed by atoms with Crippen molar-refractivity contribution >= 4 is 11.9 Å². The minimum Gasteiger partial charge on any atom is -0.480 e. The lowest BCUT2D eigenvalue weighted by molar-refractivity contribution is -0.155. The molecule has 1 aliphatic carbocycles. The van der Waals surface area contributed by atoms with Gasteiger partial charge in [-0.25, -0.2) is 0 Å². The predicted molar refractivity (Wildman–Crippen MR) is 62.5 cm³/mol. The highest BCUT2D eigenvalue weighted by Crippen LogP contribution is 2.28. The number of rotatable bonds is 8. The first kappa shape index (κ1) is 14.0. The van der Waals surface area contributed by atoms with Crippen molar-refractivity contribution in [1.82, 2.24) is 5.32 Å². The molecule has 1 aliphatic rings. The van der Waals surface area contributed by atoms with Gasteiger partial charge < -0.3 is 15.5 Å². The van der Waals surface area contributed by atoms with E-state index in [9.17, 15) is 14.7 Å². The molecule has 1 unspecified atom stereocenters. The Kier molecular flexibility index (Phi) is 4.93. The number of hydrogen-bond donors (Lipinski definition) is 3. The zero-order chi connectivity index (χ0) is 12.9. The lowest BCUT2D eigenvalue weighted by Gasteiger charge is -2.23. The Balaban J connectivity index is 2.47. The molecule has 0 radical (unpaired) electrons. The van der Waals surface area contributed by atoms with E-state index >= 15 is 0 Å². The van der Waals surface area contributed by atoms with Gasteiger partial charge in [-0.2, -0.15) is 0 Å². The third-order valence-corrected chi connectivity index (χ3v) is 3.22. The van der Waals surface area contributed by atoms with Gasteiger partial charge in [0.15, 0.2) is 0 Å². The molecule has 1 atom stereocenters. The van der Waals surface area contributed by atoms with Crippen molar-refractivity contribution in [1.29, 1.82) is 0 Å². The number of aliphatic hydroxyl groups is 1. The van der Waals surface area contributed by atoms with Crippen LogP contribution in [0, 0.1) is 5.41 Å². The standard InChI is InChI=1S/C12H21NO4/c1-12(11(16)17,7-3-2-4-8-14)10(15)13-9-5-6-9/h9,14H,2-8H2,1H3,(H,13,15)(H,16,17). The van der Waals surface area contributed by atoms with Crippen LogP contribution in [0.5, 0.6) is 0 Å². The number of carbonyl (C=O) groups is 2. The number of amides is 1. The van der Waals surface area contributed by atoms with Crippen LogP contribution in [0.3, 0.4) is 0 Å². The monoisotopic (exact) mass is 243 g/mol. The van der Waals surface area contributed by atoms with E-state index < -0.39 is 11.4 Å². The summed E-state index contributed by atoms with van der Waals surface area (Å²) in [6.07, 6.45) is 4.26. The van der Waals surface area contributed by atoms with Gasteiger partial charge in [-0.3, -0.25) is 9.59 Å². The third kappa shape index (κ3) is 4.00. The highest BCUT2D eigenvalue weighted by molar-refractivity contribution is 6.01. The van der Waals surface area contributed by atoms with Gasteiger partial charge in [0.2, 0.25) is 5.91 Å². The van der Waals surface area contributed by atoms with E-state index in [1.54, 1.807) is 0 Å². The van der Waals surface area contributed by atoms with Crippen molar-refractivity contribution in [3.8, 4) is 0 Å². The normalized spacial score (nSPS) is 18.5. The van der Waals surface area contributed by atoms with Gasteiger partial charge in [0.05, 0.1) is 0 Å². The number of carboxylic acid groups (broad SMARTS) is 1. The van der Waals surface area contributed by atoms with E-state index in [0.29, 0.717) is 19.3 Å². The van der Waals surface area contributed by atoms with E-state index in [1.165, 1.54) is 6.92 Å². The molecule has 0 aliphatic heterocycles.